The molecule has 1 aromatic rings. The molecule has 26 heavy (non-hydrogen) atoms. The highest BCUT2D eigenvalue weighted by Gasteiger charge is 2.23. The lowest BCUT2D eigenvalue weighted by molar-refractivity contribution is -0.133. The van der Waals surface area contributed by atoms with E-state index in [9.17, 15) is 4.79 Å². The van der Waals surface area contributed by atoms with E-state index in [1.54, 1.807) is 0 Å². The Kier molecular flexibility index (Phi) is 6.61. The van der Waals surface area contributed by atoms with Gasteiger partial charge in [-0.2, -0.15) is 5.10 Å². The molecule has 0 radical (unpaired) electrons. The van der Waals surface area contributed by atoms with Crippen molar-refractivity contribution >= 4 is 18.1 Å². The van der Waals surface area contributed by atoms with Crippen LogP contribution in [-0.4, -0.2) is 80.8 Å². The summed E-state index contributed by atoms with van der Waals surface area (Å²) in [6.07, 6.45) is 5.40. The predicted octanol–water partition coefficient (Wildman–Crippen LogP) is 1.50. The predicted molar refractivity (Wildman–Crippen MR) is 104 cm³/mol. The van der Waals surface area contributed by atoms with Gasteiger partial charge in [0.05, 0.1) is 13.2 Å². The van der Waals surface area contributed by atoms with Gasteiger partial charge in [0.1, 0.15) is 5.82 Å². The highest BCUT2D eigenvalue weighted by atomic mass is 32.1. The zero-order valence-corrected chi connectivity index (χ0v) is 16.6. The number of piperidine rings is 1. The molecule has 2 aliphatic rings. The Bertz CT molecular complexity index is 682. The van der Waals surface area contributed by atoms with Gasteiger partial charge in [0.2, 0.25) is 5.91 Å². The number of rotatable bonds is 6. The van der Waals surface area contributed by atoms with Gasteiger partial charge in [-0.25, -0.2) is 4.68 Å². The maximum Gasteiger partial charge on any atom is 0.236 e. The van der Waals surface area contributed by atoms with Crippen LogP contribution in [-0.2, 0) is 18.0 Å². The van der Waals surface area contributed by atoms with Crippen LogP contribution < -0.4 is 0 Å². The van der Waals surface area contributed by atoms with Crippen LogP contribution in [0.25, 0.3) is 0 Å². The second-order valence-corrected chi connectivity index (χ2v) is 7.57. The van der Waals surface area contributed by atoms with Crippen LogP contribution >= 0.6 is 12.2 Å². The monoisotopic (exact) mass is 378 g/mol. The van der Waals surface area contributed by atoms with Crippen LogP contribution in [0.4, 0.5) is 0 Å². The van der Waals surface area contributed by atoms with E-state index in [1.807, 2.05) is 27.1 Å². The van der Waals surface area contributed by atoms with Crippen molar-refractivity contribution in [3.05, 3.63) is 23.3 Å². The quantitative estimate of drug-likeness (QED) is 0.555. The third kappa shape index (κ3) is 4.61. The molecule has 1 amide bonds. The van der Waals surface area contributed by atoms with Crippen LogP contribution in [0.1, 0.15) is 25.1 Å². The fourth-order valence-electron chi connectivity index (χ4n) is 3.69. The molecule has 3 rings (SSSR count). The molecule has 0 atom stereocenters. The number of nitrogens with zero attached hydrogens (tertiary/aromatic N) is 6. The fourth-order valence-corrected chi connectivity index (χ4v) is 4.00. The van der Waals surface area contributed by atoms with Crippen LogP contribution in [0, 0.1) is 11.7 Å². The topological polar surface area (TPSA) is 49.5 Å². The first-order valence-electron chi connectivity index (χ1n) is 9.56. The average Bonchev–Trinajstić information content (AvgIpc) is 2.92. The molecule has 1 aromatic heterocycles. The first kappa shape index (κ1) is 19.3. The number of allylic oxidation sites excluding steroid dienone is 1. The molecule has 0 unspecified atom stereocenters. The molecule has 2 fully saturated rings. The highest BCUT2D eigenvalue weighted by Crippen LogP contribution is 2.11. The van der Waals surface area contributed by atoms with Crippen molar-refractivity contribution in [3.8, 4) is 0 Å². The molecule has 0 saturated carbocycles. The number of amides is 1. The minimum atomic E-state index is 0.291. The number of hydrogen-bond donors (Lipinski definition) is 0. The SMILES string of the molecule is C=CCn1c(C)nn(CN2CCN(CC(=O)N3CCCCC3)CC2)c1=S. The fraction of sp³-hybridized carbons (Fsp3) is 0.722. The molecular weight excluding hydrogens is 348 g/mol. The van der Waals surface area contributed by atoms with Crippen molar-refractivity contribution in [1.29, 1.82) is 0 Å². The standard InChI is InChI=1S/C18H30N6OS/c1-3-7-23-16(2)19-24(18(23)26)15-21-12-10-20(11-13-21)14-17(25)22-8-5-4-6-9-22/h3H,1,4-15H2,2H3. The molecule has 2 aliphatic heterocycles. The molecule has 0 aliphatic carbocycles. The first-order chi connectivity index (χ1) is 12.6. The van der Waals surface area contributed by atoms with Crippen LogP contribution in [0.15, 0.2) is 12.7 Å². The van der Waals surface area contributed by atoms with Gasteiger partial charge in [-0.1, -0.05) is 6.08 Å². The van der Waals surface area contributed by atoms with Gasteiger partial charge in [0, 0.05) is 45.8 Å². The van der Waals surface area contributed by atoms with Gasteiger partial charge >= 0.3 is 0 Å². The Labute approximate surface area is 160 Å². The second kappa shape index (κ2) is 8.92. The van der Waals surface area contributed by atoms with Gasteiger partial charge in [-0.05, 0) is 38.4 Å². The minimum Gasteiger partial charge on any atom is -0.342 e. The van der Waals surface area contributed by atoms with E-state index in [4.69, 9.17) is 12.2 Å². The lowest BCUT2D eigenvalue weighted by atomic mass is 10.1. The largest absolute Gasteiger partial charge is 0.342 e. The number of hydrogen-bond acceptors (Lipinski definition) is 5. The zero-order chi connectivity index (χ0) is 18.5. The lowest BCUT2D eigenvalue weighted by Crippen LogP contribution is -2.50. The molecule has 0 N–H and O–H groups in total. The summed E-state index contributed by atoms with van der Waals surface area (Å²) in [5.41, 5.74) is 0. The molecule has 144 valence electrons. The van der Waals surface area contributed by atoms with E-state index in [2.05, 4.69) is 21.5 Å². The maximum absolute atomic E-state index is 12.4. The summed E-state index contributed by atoms with van der Waals surface area (Å²) in [6, 6.07) is 0. The van der Waals surface area contributed by atoms with Crippen LogP contribution in [0.2, 0.25) is 0 Å². The number of aromatic nitrogens is 3. The minimum absolute atomic E-state index is 0.291. The lowest BCUT2D eigenvalue weighted by Gasteiger charge is -2.35. The molecule has 0 spiro atoms. The summed E-state index contributed by atoms with van der Waals surface area (Å²) >= 11 is 5.53. The smallest absolute Gasteiger partial charge is 0.236 e. The Balaban J connectivity index is 1.48. The van der Waals surface area contributed by atoms with Crippen molar-refractivity contribution < 1.29 is 4.79 Å². The average molecular weight is 379 g/mol. The van der Waals surface area contributed by atoms with Gasteiger partial charge in [-0.3, -0.25) is 14.6 Å². The summed E-state index contributed by atoms with van der Waals surface area (Å²) < 4.78 is 4.63. The number of aryl methyl sites for hydroxylation is 1. The van der Waals surface area contributed by atoms with E-state index in [0.717, 1.165) is 62.7 Å². The summed E-state index contributed by atoms with van der Waals surface area (Å²) in [5, 5.41) is 4.56. The molecule has 3 heterocycles. The van der Waals surface area contributed by atoms with E-state index in [1.165, 1.54) is 6.42 Å². The highest BCUT2D eigenvalue weighted by molar-refractivity contribution is 7.71. The van der Waals surface area contributed by atoms with Gasteiger partial charge in [-0.15, -0.1) is 6.58 Å². The van der Waals surface area contributed by atoms with Gasteiger partial charge in [0.25, 0.3) is 0 Å². The van der Waals surface area contributed by atoms with Gasteiger partial charge in [0.15, 0.2) is 4.77 Å². The Morgan fingerprint density at radius 1 is 1.12 bits per heavy atom. The summed E-state index contributed by atoms with van der Waals surface area (Å²) in [6.45, 7) is 13.3. The number of carbonyl (C=O) groups is 1. The third-order valence-corrected chi connectivity index (χ3v) is 5.72. The van der Waals surface area contributed by atoms with Crippen molar-refractivity contribution in [2.75, 3.05) is 45.8 Å². The van der Waals surface area contributed by atoms with Crippen molar-refractivity contribution in [2.45, 2.75) is 39.4 Å². The summed E-state index contributed by atoms with van der Waals surface area (Å²) in [5.74, 6) is 1.21. The molecule has 2 saturated heterocycles. The van der Waals surface area contributed by atoms with Crippen molar-refractivity contribution in [1.82, 2.24) is 29.0 Å². The molecule has 7 nitrogen and oxygen atoms in total. The Hall–Kier alpha value is -1.51. The zero-order valence-electron chi connectivity index (χ0n) is 15.8. The molecule has 0 bridgehead atoms. The van der Waals surface area contributed by atoms with Crippen LogP contribution in [0.3, 0.4) is 0 Å². The molecule has 0 aromatic carbocycles. The van der Waals surface area contributed by atoms with Crippen LogP contribution in [0.5, 0.6) is 0 Å². The van der Waals surface area contributed by atoms with Gasteiger partial charge < -0.3 is 9.47 Å². The summed E-state index contributed by atoms with van der Waals surface area (Å²) in [4.78, 5) is 19.1. The molecular formula is C18H30N6OS. The number of likely N-dealkylation sites (tertiary alicyclic amines) is 1. The first-order valence-corrected chi connectivity index (χ1v) is 9.97. The second-order valence-electron chi connectivity index (χ2n) is 7.21. The van der Waals surface area contributed by atoms with E-state index in [-0.39, 0.29) is 0 Å². The number of piperazine rings is 1. The third-order valence-electron chi connectivity index (χ3n) is 5.29. The van der Waals surface area contributed by atoms with E-state index >= 15 is 0 Å². The normalized spacial score (nSPS) is 19.7. The van der Waals surface area contributed by atoms with E-state index in [0.29, 0.717) is 25.7 Å². The Morgan fingerprint density at radius 2 is 1.77 bits per heavy atom. The maximum atomic E-state index is 12.4. The molecule has 8 heteroatoms. The van der Waals surface area contributed by atoms with Crippen molar-refractivity contribution in [3.63, 3.8) is 0 Å². The Morgan fingerprint density at radius 3 is 2.42 bits per heavy atom. The number of carbonyl (C=O) groups excluding carboxylic acids is 1. The van der Waals surface area contributed by atoms with Crippen molar-refractivity contribution in [2.24, 2.45) is 0 Å². The van der Waals surface area contributed by atoms with E-state index < -0.39 is 0 Å². The summed E-state index contributed by atoms with van der Waals surface area (Å²) in [7, 11) is 0.